The normalized spacial score (nSPS) is 12.8. The van der Waals surface area contributed by atoms with Crippen molar-refractivity contribution < 1.29 is 14.3 Å². The molecule has 0 aliphatic carbocycles. The van der Waals surface area contributed by atoms with Crippen LogP contribution in [0.15, 0.2) is 18.2 Å². The van der Waals surface area contributed by atoms with Crippen LogP contribution in [0.3, 0.4) is 0 Å². The lowest BCUT2D eigenvalue weighted by Gasteiger charge is -2.01. The van der Waals surface area contributed by atoms with Gasteiger partial charge in [0.25, 0.3) is 0 Å². The van der Waals surface area contributed by atoms with Crippen LogP contribution in [0.25, 0.3) is 11.3 Å². The zero-order valence-electron chi connectivity index (χ0n) is 10.0. The highest BCUT2D eigenvalue weighted by Crippen LogP contribution is 2.37. The summed E-state index contributed by atoms with van der Waals surface area (Å²) in [6.07, 6.45) is 0. The lowest BCUT2D eigenvalue weighted by molar-refractivity contribution is 0.102. The molecule has 0 bridgehead atoms. The molecule has 0 atom stereocenters. The van der Waals surface area contributed by atoms with Gasteiger partial charge in [-0.05, 0) is 25.1 Å². The van der Waals surface area contributed by atoms with Crippen LogP contribution in [0, 0.1) is 6.92 Å². The summed E-state index contributed by atoms with van der Waals surface area (Å²) in [6.45, 7) is 3.70. The van der Waals surface area contributed by atoms with E-state index in [2.05, 4.69) is 4.98 Å². The molecule has 0 saturated heterocycles. The Morgan fingerprint density at radius 1 is 1.33 bits per heavy atom. The Kier molecular flexibility index (Phi) is 2.56. The zero-order chi connectivity index (χ0) is 12.7. The number of thiazole rings is 1. The minimum absolute atomic E-state index is 0.0354. The summed E-state index contributed by atoms with van der Waals surface area (Å²) in [4.78, 5) is 16.7. The van der Waals surface area contributed by atoms with E-state index in [1.807, 2.05) is 25.1 Å². The van der Waals surface area contributed by atoms with Gasteiger partial charge in [-0.25, -0.2) is 4.98 Å². The smallest absolute Gasteiger partial charge is 0.231 e. The van der Waals surface area contributed by atoms with Gasteiger partial charge in [-0.15, -0.1) is 11.3 Å². The van der Waals surface area contributed by atoms with E-state index >= 15 is 0 Å². The predicted molar refractivity (Wildman–Crippen MR) is 68.4 cm³/mol. The van der Waals surface area contributed by atoms with Crippen molar-refractivity contribution in [2.45, 2.75) is 13.8 Å². The Hall–Kier alpha value is -1.88. The first-order valence-corrected chi connectivity index (χ1v) is 6.35. The molecule has 0 fully saturated rings. The fourth-order valence-electron chi connectivity index (χ4n) is 1.91. The molecule has 1 aliphatic heterocycles. The van der Waals surface area contributed by atoms with Gasteiger partial charge in [0.15, 0.2) is 17.3 Å². The molecular weight excluding hydrogens is 250 g/mol. The molecule has 18 heavy (non-hydrogen) atoms. The van der Waals surface area contributed by atoms with E-state index in [-0.39, 0.29) is 12.6 Å². The number of nitrogens with zero attached hydrogens (tertiary/aromatic N) is 1. The Balaban J connectivity index is 2.12. The number of fused-ring (bicyclic) bond motifs is 1. The summed E-state index contributed by atoms with van der Waals surface area (Å²) < 4.78 is 10.6. The number of carbonyl (C=O) groups excluding carboxylic acids is 1. The second kappa shape index (κ2) is 4.10. The average molecular weight is 261 g/mol. The highest BCUT2D eigenvalue weighted by molar-refractivity contribution is 7.14. The zero-order valence-corrected chi connectivity index (χ0v) is 10.8. The van der Waals surface area contributed by atoms with Gasteiger partial charge in [-0.1, -0.05) is 0 Å². The fourth-order valence-corrected chi connectivity index (χ4v) is 2.74. The number of hydrogen-bond acceptors (Lipinski definition) is 5. The summed E-state index contributed by atoms with van der Waals surface area (Å²) in [5.41, 5.74) is 1.61. The van der Waals surface area contributed by atoms with Crippen molar-refractivity contribution in [3.05, 3.63) is 28.1 Å². The van der Waals surface area contributed by atoms with Gasteiger partial charge in [-0.2, -0.15) is 0 Å². The first-order chi connectivity index (χ1) is 8.65. The third-order valence-corrected chi connectivity index (χ3v) is 3.77. The molecule has 1 aromatic heterocycles. The molecule has 0 amide bonds. The Bertz CT molecular complexity index is 633. The minimum atomic E-state index is 0.0354. The van der Waals surface area contributed by atoms with Crippen LogP contribution < -0.4 is 9.47 Å². The Labute approximate surface area is 108 Å². The van der Waals surface area contributed by atoms with E-state index in [4.69, 9.17) is 9.47 Å². The van der Waals surface area contributed by atoms with E-state index in [0.29, 0.717) is 10.6 Å². The van der Waals surface area contributed by atoms with Crippen LogP contribution in [0.2, 0.25) is 0 Å². The van der Waals surface area contributed by atoms with Crippen molar-refractivity contribution in [2.24, 2.45) is 0 Å². The molecule has 92 valence electrons. The molecule has 0 saturated carbocycles. The lowest BCUT2D eigenvalue weighted by Crippen LogP contribution is -1.93. The summed E-state index contributed by atoms with van der Waals surface area (Å²) in [6, 6.07) is 5.61. The largest absolute Gasteiger partial charge is 0.454 e. The summed E-state index contributed by atoms with van der Waals surface area (Å²) in [7, 11) is 0. The number of rotatable bonds is 2. The number of carbonyl (C=O) groups is 1. The first-order valence-electron chi connectivity index (χ1n) is 5.53. The maximum atomic E-state index is 11.6. The fraction of sp³-hybridized carbons (Fsp3) is 0.231. The summed E-state index contributed by atoms with van der Waals surface area (Å²) >= 11 is 1.42. The van der Waals surface area contributed by atoms with Crippen LogP contribution in [-0.2, 0) is 0 Å². The molecule has 0 unspecified atom stereocenters. The van der Waals surface area contributed by atoms with Crippen LogP contribution in [0.1, 0.15) is 21.6 Å². The Morgan fingerprint density at radius 2 is 2.11 bits per heavy atom. The van der Waals surface area contributed by atoms with Crippen LogP contribution in [0.5, 0.6) is 11.5 Å². The topological polar surface area (TPSA) is 48.4 Å². The third kappa shape index (κ3) is 1.76. The van der Waals surface area contributed by atoms with Crippen molar-refractivity contribution >= 4 is 17.1 Å². The summed E-state index contributed by atoms with van der Waals surface area (Å²) in [5, 5.41) is 0.882. The van der Waals surface area contributed by atoms with Gasteiger partial charge in [0.1, 0.15) is 0 Å². The van der Waals surface area contributed by atoms with Gasteiger partial charge in [0.2, 0.25) is 6.79 Å². The molecule has 0 spiro atoms. The van der Waals surface area contributed by atoms with Crippen LogP contribution >= 0.6 is 11.3 Å². The first kappa shape index (κ1) is 11.2. The minimum Gasteiger partial charge on any atom is -0.454 e. The van der Waals surface area contributed by atoms with E-state index in [9.17, 15) is 4.79 Å². The van der Waals surface area contributed by atoms with Crippen molar-refractivity contribution in [1.29, 1.82) is 0 Å². The number of ketones is 1. The van der Waals surface area contributed by atoms with Gasteiger partial charge in [-0.3, -0.25) is 4.79 Å². The number of ether oxygens (including phenoxy) is 2. The molecule has 4 nitrogen and oxygen atoms in total. The van der Waals surface area contributed by atoms with Gasteiger partial charge in [0, 0.05) is 12.5 Å². The van der Waals surface area contributed by atoms with Crippen molar-refractivity contribution in [3.63, 3.8) is 0 Å². The quantitative estimate of drug-likeness (QED) is 0.779. The number of benzene rings is 1. The van der Waals surface area contributed by atoms with E-state index in [1.54, 1.807) is 6.92 Å². The molecule has 1 aromatic carbocycles. The second-order valence-electron chi connectivity index (χ2n) is 4.03. The maximum Gasteiger partial charge on any atom is 0.231 e. The molecular formula is C13H11NO3S. The molecule has 0 radical (unpaired) electrons. The van der Waals surface area contributed by atoms with Crippen LogP contribution in [0.4, 0.5) is 0 Å². The highest BCUT2D eigenvalue weighted by Gasteiger charge is 2.19. The van der Waals surface area contributed by atoms with Crippen molar-refractivity contribution in [1.82, 2.24) is 4.98 Å². The third-order valence-electron chi connectivity index (χ3n) is 2.70. The number of aromatic nitrogens is 1. The Morgan fingerprint density at radius 3 is 2.89 bits per heavy atom. The number of hydrogen-bond donors (Lipinski definition) is 0. The van der Waals surface area contributed by atoms with Gasteiger partial charge in [0.05, 0.1) is 15.6 Å². The number of Topliss-reactive ketones (excluding diaryl/α,β-unsaturated/α-hetero) is 1. The lowest BCUT2D eigenvalue weighted by atomic mass is 10.1. The highest BCUT2D eigenvalue weighted by atomic mass is 32.1. The molecule has 0 N–H and O–H groups in total. The second-order valence-corrected chi connectivity index (χ2v) is 5.24. The molecule has 2 heterocycles. The standard InChI is InChI=1S/C13H11NO3S/c1-7(15)13-12(14-8(2)18-13)9-3-4-10-11(5-9)17-6-16-10/h3-5H,6H2,1-2H3. The van der Waals surface area contributed by atoms with Gasteiger partial charge >= 0.3 is 0 Å². The van der Waals surface area contributed by atoms with E-state index < -0.39 is 0 Å². The van der Waals surface area contributed by atoms with E-state index in [1.165, 1.54) is 11.3 Å². The maximum absolute atomic E-state index is 11.6. The SMILES string of the molecule is CC(=O)c1sc(C)nc1-c1ccc2c(c1)OCO2. The monoisotopic (exact) mass is 261 g/mol. The van der Waals surface area contributed by atoms with Crippen molar-refractivity contribution in [3.8, 4) is 22.8 Å². The molecule has 1 aliphatic rings. The predicted octanol–water partition coefficient (Wildman–Crippen LogP) is 3.05. The average Bonchev–Trinajstić information content (AvgIpc) is 2.93. The molecule has 3 rings (SSSR count). The van der Waals surface area contributed by atoms with Crippen molar-refractivity contribution in [2.75, 3.05) is 6.79 Å². The van der Waals surface area contributed by atoms with Gasteiger partial charge < -0.3 is 9.47 Å². The van der Waals surface area contributed by atoms with E-state index in [0.717, 1.165) is 22.0 Å². The molecule has 5 heteroatoms. The van der Waals surface area contributed by atoms with Crippen LogP contribution in [-0.4, -0.2) is 17.6 Å². The summed E-state index contributed by atoms with van der Waals surface area (Å²) in [5.74, 6) is 1.47. The number of aryl methyl sites for hydroxylation is 1. The molecule has 2 aromatic rings.